The number of piperidine rings is 1. The van der Waals surface area contributed by atoms with Crippen molar-refractivity contribution in [2.45, 2.75) is 96.2 Å². The zero-order valence-corrected chi connectivity index (χ0v) is 11.3. The van der Waals surface area contributed by atoms with Crippen molar-refractivity contribution in [3.63, 3.8) is 0 Å². The lowest BCUT2D eigenvalue weighted by Gasteiger charge is -2.41. The van der Waals surface area contributed by atoms with Crippen LogP contribution in [0.4, 0.5) is 0 Å². The molecule has 0 bridgehead atoms. The average Bonchev–Trinajstić information content (AvgIpc) is 2.71. The molecule has 2 rings (SSSR count). The first-order valence-electron chi connectivity index (χ1n) is 7.64. The lowest BCUT2D eigenvalue weighted by molar-refractivity contribution is 0.0715. The number of fused-ring (bicyclic) bond motifs is 1. The number of nitrogens with zero attached hydrogens (tertiary/aromatic N) is 1. The normalized spacial score (nSPS) is 35.2. The predicted octanol–water partition coefficient (Wildman–Crippen LogP) is 4.36. The lowest BCUT2D eigenvalue weighted by atomic mass is 9.93. The SMILES string of the molecule is CCCC[C@@H]1CC[C@H]2CCC[C@@H](CCC)N12. The highest BCUT2D eigenvalue weighted by Crippen LogP contribution is 2.38. The van der Waals surface area contributed by atoms with E-state index in [1.165, 1.54) is 64.2 Å². The summed E-state index contributed by atoms with van der Waals surface area (Å²) >= 11 is 0. The van der Waals surface area contributed by atoms with Crippen molar-refractivity contribution in [3.05, 3.63) is 0 Å². The molecule has 1 heteroatoms. The molecule has 94 valence electrons. The van der Waals surface area contributed by atoms with E-state index in [0.29, 0.717) is 0 Å². The van der Waals surface area contributed by atoms with E-state index in [1.54, 1.807) is 0 Å². The highest BCUT2D eigenvalue weighted by atomic mass is 15.2. The summed E-state index contributed by atoms with van der Waals surface area (Å²) in [6, 6.07) is 2.85. The third kappa shape index (κ3) is 2.61. The van der Waals surface area contributed by atoms with Gasteiger partial charge in [-0.1, -0.05) is 39.5 Å². The smallest absolute Gasteiger partial charge is 0.0102 e. The second kappa shape index (κ2) is 6.05. The molecule has 0 saturated carbocycles. The zero-order valence-electron chi connectivity index (χ0n) is 11.3. The molecule has 0 spiro atoms. The Morgan fingerprint density at radius 1 is 0.875 bits per heavy atom. The van der Waals surface area contributed by atoms with Crippen LogP contribution in [-0.4, -0.2) is 23.0 Å². The van der Waals surface area contributed by atoms with Crippen molar-refractivity contribution in [3.8, 4) is 0 Å². The van der Waals surface area contributed by atoms with Gasteiger partial charge in [-0.3, -0.25) is 4.90 Å². The minimum Gasteiger partial charge on any atom is -0.294 e. The van der Waals surface area contributed by atoms with Gasteiger partial charge in [0, 0.05) is 18.1 Å². The van der Waals surface area contributed by atoms with E-state index in [4.69, 9.17) is 0 Å². The lowest BCUT2D eigenvalue weighted by Crippen LogP contribution is -2.46. The maximum absolute atomic E-state index is 2.95. The van der Waals surface area contributed by atoms with Crippen LogP contribution in [0, 0.1) is 0 Å². The summed E-state index contributed by atoms with van der Waals surface area (Å²) in [4.78, 5) is 2.95. The first-order chi connectivity index (χ1) is 7.86. The molecule has 1 nitrogen and oxygen atoms in total. The van der Waals surface area contributed by atoms with E-state index in [1.807, 2.05) is 0 Å². The van der Waals surface area contributed by atoms with Gasteiger partial charge in [-0.25, -0.2) is 0 Å². The van der Waals surface area contributed by atoms with Crippen molar-refractivity contribution in [1.29, 1.82) is 0 Å². The molecule has 2 fully saturated rings. The Hall–Kier alpha value is -0.0400. The van der Waals surface area contributed by atoms with E-state index < -0.39 is 0 Å². The van der Waals surface area contributed by atoms with Crippen LogP contribution >= 0.6 is 0 Å². The number of rotatable bonds is 5. The Balaban J connectivity index is 1.94. The number of hydrogen-bond acceptors (Lipinski definition) is 1. The number of hydrogen-bond donors (Lipinski definition) is 0. The summed E-state index contributed by atoms with van der Waals surface area (Å²) in [5, 5.41) is 0. The van der Waals surface area contributed by atoms with Crippen LogP contribution in [0.25, 0.3) is 0 Å². The van der Waals surface area contributed by atoms with Gasteiger partial charge in [0.1, 0.15) is 0 Å². The van der Waals surface area contributed by atoms with Crippen LogP contribution in [-0.2, 0) is 0 Å². The van der Waals surface area contributed by atoms with Gasteiger partial charge in [-0.05, 0) is 38.5 Å². The molecule has 0 N–H and O–H groups in total. The van der Waals surface area contributed by atoms with Gasteiger partial charge < -0.3 is 0 Å². The Morgan fingerprint density at radius 3 is 2.44 bits per heavy atom. The topological polar surface area (TPSA) is 3.24 Å². The van der Waals surface area contributed by atoms with Gasteiger partial charge in [-0.15, -0.1) is 0 Å². The highest BCUT2D eigenvalue weighted by molar-refractivity contribution is 4.94. The highest BCUT2D eigenvalue weighted by Gasteiger charge is 2.39. The van der Waals surface area contributed by atoms with Crippen molar-refractivity contribution in [1.82, 2.24) is 4.90 Å². The summed E-state index contributed by atoms with van der Waals surface area (Å²) in [6.07, 6.45) is 14.5. The Morgan fingerprint density at radius 2 is 1.69 bits per heavy atom. The summed E-state index contributed by atoms with van der Waals surface area (Å²) in [5.41, 5.74) is 0. The summed E-state index contributed by atoms with van der Waals surface area (Å²) < 4.78 is 0. The molecule has 2 aliphatic rings. The molecule has 2 heterocycles. The van der Waals surface area contributed by atoms with Crippen LogP contribution < -0.4 is 0 Å². The summed E-state index contributed by atoms with van der Waals surface area (Å²) in [6.45, 7) is 4.67. The van der Waals surface area contributed by atoms with Gasteiger partial charge in [0.05, 0.1) is 0 Å². The van der Waals surface area contributed by atoms with Crippen LogP contribution in [0.2, 0.25) is 0 Å². The van der Waals surface area contributed by atoms with Crippen LogP contribution in [0.1, 0.15) is 78.1 Å². The minimum atomic E-state index is 0.938. The Labute approximate surface area is 102 Å². The maximum Gasteiger partial charge on any atom is 0.0102 e. The fourth-order valence-corrected chi connectivity index (χ4v) is 3.97. The molecule has 0 unspecified atom stereocenters. The van der Waals surface area contributed by atoms with E-state index in [-0.39, 0.29) is 0 Å². The molecule has 0 aliphatic carbocycles. The van der Waals surface area contributed by atoms with Crippen LogP contribution in [0.3, 0.4) is 0 Å². The molecular weight excluding hydrogens is 194 g/mol. The average molecular weight is 223 g/mol. The van der Waals surface area contributed by atoms with Gasteiger partial charge in [0.25, 0.3) is 0 Å². The standard InChI is InChI=1S/C15H29N/c1-3-5-8-14-11-12-15-10-6-9-13(7-4-2)16(14)15/h13-15H,3-12H2,1-2H3/t13-,14-,15-/m1/s1. The molecule has 0 aromatic rings. The maximum atomic E-state index is 2.95. The molecular formula is C15H29N. The molecule has 2 saturated heterocycles. The molecule has 16 heavy (non-hydrogen) atoms. The number of unbranched alkanes of at least 4 members (excludes halogenated alkanes) is 1. The van der Waals surface area contributed by atoms with Crippen molar-refractivity contribution < 1.29 is 0 Å². The van der Waals surface area contributed by atoms with E-state index >= 15 is 0 Å². The van der Waals surface area contributed by atoms with Gasteiger partial charge in [0.2, 0.25) is 0 Å². The van der Waals surface area contributed by atoms with Crippen molar-refractivity contribution in [2.75, 3.05) is 0 Å². The largest absolute Gasteiger partial charge is 0.294 e. The van der Waals surface area contributed by atoms with Gasteiger partial charge in [0.15, 0.2) is 0 Å². The fraction of sp³-hybridized carbons (Fsp3) is 1.00. The van der Waals surface area contributed by atoms with E-state index in [2.05, 4.69) is 18.7 Å². The van der Waals surface area contributed by atoms with Crippen molar-refractivity contribution >= 4 is 0 Å². The van der Waals surface area contributed by atoms with Crippen LogP contribution in [0.15, 0.2) is 0 Å². The minimum absolute atomic E-state index is 0.938. The fourth-order valence-electron chi connectivity index (χ4n) is 3.97. The summed E-state index contributed by atoms with van der Waals surface area (Å²) in [5.74, 6) is 0. The molecule has 0 amide bonds. The first kappa shape index (κ1) is 12.4. The summed E-state index contributed by atoms with van der Waals surface area (Å²) in [7, 11) is 0. The second-order valence-electron chi connectivity index (χ2n) is 5.85. The van der Waals surface area contributed by atoms with E-state index in [9.17, 15) is 0 Å². The Bertz CT molecular complexity index is 200. The molecule has 0 aromatic carbocycles. The molecule has 3 atom stereocenters. The first-order valence-corrected chi connectivity index (χ1v) is 7.64. The predicted molar refractivity (Wildman–Crippen MR) is 70.7 cm³/mol. The third-order valence-electron chi connectivity index (χ3n) is 4.69. The third-order valence-corrected chi connectivity index (χ3v) is 4.69. The molecule has 2 aliphatic heterocycles. The zero-order chi connectivity index (χ0) is 11.4. The second-order valence-corrected chi connectivity index (χ2v) is 5.85. The molecule has 0 radical (unpaired) electrons. The van der Waals surface area contributed by atoms with Gasteiger partial charge >= 0.3 is 0 Å². The monoisotopic (exact) mass is 223 g/mol. The van der Waals surface area contributed by atoms with E-state index in [0.717, 1.165) is 18.1 Å². The molecule has 0 aromatic heterocycles. The Kier molecular flexibility index (Phi) is 4.69. The van der Waals surface area contributed by atoms with Crippen molar-refractivity contribution in [2.24, 2.45) is 0 Å². The quantitative estimate of drug-likeness (QED) is 0.669. The van der Waals surface area contributed by atoms with Gasteiger partial charge in [-0.2, -0.15) is 0 Å². The van der Waals surface area contributed by atoms with Crippen LogP contribution in [0.5, 0.6) is 0 Å².